The van der Waals surface area contributed by atoms with Crippen LogP contribution in [0.4, 0.5) is 0 Å². The minimum absolute atomic E-state index is 0.00447. The predicted molar refractivity (Wildman–Crippen MR) is 113 cm³/mol. The van der Waals surface area contributed by atoms with E-state index in [0.717, 1.165) is 23.4 Å². The molecule has 2 aromatic carbocycles. The molecule has 6 nitrogen and oxygen atoms in total. The first-order valence-electron chi connectivity index (χ1n) is 9.82. The molecular formula is C23H26N4O2. The van der Waals surface area contributed by atoms with E-state index < -0.39 is 0 Å². The Kier molecular flexibility index (Phi) is 5.11. The molecule has 1 fully saturated rings. The lowest BCUT2D eigenvalue weighted by Crippen LogP contribution is -2.34. The number of carbonyl (C=O) groups excluding carboxylic acids is 1. The molecule has 1 atom stereocenters. The van der Waals surface area contributed by atoms with Gasteiger partial charge in [0.15, 0.2) is 0 Å². The summed E-state index contributed by atoms with van der Waals surface area (Å²) in [5.41, 5.74) is 8.97. The first kappa shape index (κ1) is 19.2. The van der Waals surface area contributed by atoms with Gasteiger partial charge in [0.05, 0.1) is 18.4 Å². The number of ether oxygens (including phenoxy) is 1. The van der Waals surface area contributed by atoms with E-state index in [2.05, 4.69) is 6.92 Å². The number of benzene rings is 2. The summed E-state index contributed by atoms with van der Waals surface area (Å²) in [6, 6.07) is 17.4. The third kappa shape index (κ3) is 3.76. The highest BCUT2D eigenvalue weighted by Crippen LogP contribution is 2.32. The number of methoxy groups -OCH3 is 1. The van der Waals surface area contributed by atoms with E-state index in [4.69, 9.17) is 15.6 Å². The number of amides is 1. The Labute approximate surface area is 170 Å². The minimum Gasteiger partial charge on any atom is -0.497 e. The number of aromatic nitrogens is 2. The van der Waals surface area contributed by atoms with Gasteiger partial charge in [0.1, 0.15) is 11.4 Å². The summed E-state index contributed by atoms with van der Waals surface area (Å²) < 4.78 is 7.03. The lowest BCUT2D eigenvalue weighted by Gasteiger charge is -2.22. The van der Waals surface area contributed by atoms with Gasteiger partial charge in [0, 0.05) is 24.8 Å². The van der Waals surface area contributed by atoms with Crippen LogP contribution in [0.3, 0.4) is 0 Å². The van der Waals surface area contributed by atoms with Crippen LogP contribution in [0.5, 0.6) is 5.75 Å². The molecule has 1 amide bonds. The Balaban J connectivity index is 1.74. The van der Waals surface area contributed by atoms with Gasteiger partial charge in [0.2, 0.25) is 0 Å². The summed E-state index contributed by atoms with van der Waals surface area (Å²) in [5, 5.41) is 4.76. The molecule has 0 spiro atoms. The van der Waals surface area contributed by atoms with Crippen molar-refractivity contribution in [3.05, 3.63) is 66.4 Å². The molecule has 1 aromatic heterocycles. The summed E-state index contributed by atoms with van der Waals surface area (Å²) in [4.78, 5) is 15.3. The second-order valence-corrected chi connectivity index (χ2v) is 7.89. The van der Waals surface area contributed by atoms with Crippen LogP contribution >= 0.6 is 0 Å². The van der Waals surface area contributed by atoms with Gasteiger partial charge in [-0.05, 0) is 54.8 Å². The first-order valence-corrected chi connectivity index (χ1v) is 9.82. The van der Waals surface area contributed by atoms with Crippen molar-refractivity contribution in [2.75, 3.05) is 26.7 Å². The standard InChI is InChI=1S/C23H26N4O2/c1-23(15-24)12-13-26(16-23)22(28)20-14-27(18-6-4-3-5-7-18)25-21(20)17-8-10-19(29-2)11-9-17/h3-11,14H,12-13,15-16,24H2,1-2H3. The van der Waals surface area contributed by atoms with Crippen LogP contribution in [-0.4, -0.2) is 47.3 Å². The number of carbonyl (C=O) groups is 1. The van der Waals surface area contributed by atoms with E-state index in [1.54, 1.807) is 11.8 Å². The molecule has 0 radical (unpaired) electrons. The molecule has 0 saturated carbocycles. The summed E-state index contributed by atoms with van der Waals surface area (Å²) in [5.74, 6) is 0.762. The van der Waals surface area contributed by atoms with Crippen molar-refractivity contribution in [2.45, 2.75) is 13.3 Å². The van der Waals surface area contributed by atoms with Gasteiger partial charge in [-0.1, -0.05) is 25.1 Å². The molecule has 1 aliphatic heterocycles. The molecule has 29 heavy (non-hydrogen) atoms. The lowest BCUT2D eigenvalue weighted by atomic mass is 9.90. The average molecular weight is 390 g/mol. The fourth-order valence-corrected chi connectivity index (χ4v) is 3.74. The molecule has 6 heteroatoms. The van der Waals surface area contributed by atoms with Gasteiger partial charge in [0.25, 0.3) is 5.91 Å². The summed E-state index contributed by atoms with van der Waals surface area (Å²) in [6.07, 6.45) is 2.75. The first-order chi connectivity index (χ1) is 14.0. The van der Waals surface area contributed by atoms with Crippen molar-refractivity contribution in [3.8, 4) is 22.7 Å². The fourth-order valence-electron chi connectivity index (χ4n) is 3.74. The van der Waals surface area contributed by atoms with Gasteiger partial charge < -0.3 is 15.4 Å². The van der Waals surface area contributed by atoms with Crippen LogP contribution in [-0.2, 0) is 0 Å². The molecule has 0 bridgehead atoms. The zero-order valence-electron chi connectivity index (χ0n) is 16.8. The Bertz CT molecular complexity index is 997. The minimum atomic E-state index is -0.0225. The lowest BCUT2D eigenvalue weighted by molar-refractivity contribution is 0.0777. The number of nitrogens with zero attached hydrogens (tertiary/aromatic N) is 3. The molecule has 150 valence electrons. The number of para-hydroxylation sites is 1. The maximum atomic E-state index is 13.4. The quantitative estimate of drug-likeness (QED) is 0.725. The van der Waals surface area contributed by atoms with Crippen LogP contribution in [0.15, 0.2) is 60.8 Å². The summed E-state index contributed by atoms with van der Waals surface area (Å²) in [7, 11) is 1.63. The molecule has 1 saturated heterocycles. The maximum absolute atomic E-state index is 13.4. The molecule has 1 aliphatic rings. The molecule has 3 aromatic rings. The largest absolute Gasteiger partial charge is 0.497 e. The molecule has 0 aliphatic carbocycles. The predicted octanol–water partition coefficient (Wildman–Crippen LogP) is 3.36. The highest BCUT2D eigenvalue weighted by Gasteiger charge is 2.36. The number of hydrogen-bond donors (Lipinski definition) is 1. The molecule has 4 rings (SSSR count). The Morgan fingerprint density at radius 3 is 2.52 bits per heavy atom. The van der Waals surface area contributed by atoms with Crippen molar-refractivity contribution >= 4 is 5.91 Å². The average Bonchev–Trinajstić information content (AvgIpc) is 3.39. The van der Waals surface area contributed by atoms with E-state index in [1.807, 2.05) is 65.7 Å². The monoisotopic (exact) mass is 390 g/mol. The summed E-state index contributed by atoms with van der Waals surface area (Å²) >= 11 is 0. The van der Waals surface area contributed by atoms with Gasteiger partial charge in [-0.25, -0.2) is 4.68 Å². The normalized spacial score (nSPS) is 18.8. The van der Waals surface area contributed by atoms with Crippen LogP contribution in [0.2, 0.25) is 0 Å². The smallest absolute Gasteiger partial charge is 0.257 e. The van der Waals surface area contributed by atoms with E-state index in [1.165, 1.54) is 0 Å². The van der Waals surface area contributed by atoms with Crippen molar-refractivity contribution < 1.29 is 9.53 Å². The van der Waals surface area contributed by atoms with Crippen LogP contribution in [0.1, 0.15) is 23.7 Å². The van der Waals surface area contributed by atoms with Crippen LogP contribution in [0, 0.1) is 5.41 Å². The highest BCUT2D eigenvalue weighted by molar-refractivity contribution is 6.00. The Morgan fingerprint density at radius 2 is 1.90 bits per heavy atom. The maximum Gasteiger partial charge on any atom is 0.257 e. The van der Waals surface area contributed by atoms with Crippen LogP contribution < -0.4 is 10.5 Å². The van der Waals surface area contributed by atoms with Gasteiger partial charge >= 0.3 is 0 Å². The van der Waals surface area contributed by atoms with Crippen molar-refractivity contribution in [2.24, 2.45) is 11.1 Å². The topological polar surface area (TPSA) is 73.4 Å². The van der Waals surface area contributed by atoms with Gasteiger partial charge in [-0.3, -0.25) is 4.79 Å². The highest BCUT2D eigenvalue weighted by atomic mass is 16.5. The zero-order chi connectivity index (χ0) is 20.4. The van der Waals surface area contributed by atoms with E-state index in [0.29, 0.717) is 30.9 Å². The Morgan fingerprint density at radius 1 is 1.17 bits per heavy atom. The third-order valence-electron chi connectivity index (χ3n) is 5.67. The number of nitrogens with two attached hydrogens (primary N) is 1. The van der Waals surface area contributed by atoms with Crippen LogP contribution in [0.25, 0.3) is 16.9 Å². The molecule has 1 unspecified atom stereocenters. The Hall–Kier alpha value is -3.12. The van der Waals surface area contributed by atoms with E-state index in [-0.39, 0.29) is 11.3 Å². The second-order valence-electron chi connectivity index (χ2n) is 7.89. The number of hydrogen-bond acceptors (Lipinski definition) is 4. The van der Waals surface area contributed by atoms with E-state index in [9.17, 15) is 4.79 Å². The fraction of sp³-hybridized carbons (Fsp3) is 0.304. The zero-order valence-corrected chi connectivity index (χ0v) is 16.8. The molecular weight excluding hydrogens is 364 g/mol. The van der Waals surface area contributed by atoms with E-state index >= 15 is 0 Å². The molecule has 2 N–H and O–H groups in total. The van der Waals surface area contributed by atoms with Crippen molar-refractivity contribution in [1.82, 2.24) is 14.7 Å². The molecule has 2 heterocycles. The number of likely N-dealkylation sites (tertiary alicyclic amines) is 1. The van der Waals surface area contributed by atoms with Crippen molar-refractivity contribution in [3.63, 3.8) is 0 Å². The number of rotatable bonds is 5. The summed E-state index contributed by atoms with van der Waals surface area (Å²) in [6.45, 7) is 4.09. The van der Waals surface area contributed by atoms with Crippen molar-refractivity contribution in [1.29, 1.82) is 0 Å². The van der Waals surface area contributed by atoms with Gasteiger partial charge in [-0.15, -0.1) is 0 Å². The SMILES string of the molecule is COc1ccc(-c2nn(-c3ccccc3)cc2C(=O)N2CCC(C)(CN)C2)cc1. The third-order valence-corrected chi connectivity index (χ3v) is 5.67. The second kappa shape index (κ2) is 7.72. The van der Waals surface area contributed by atoms with Gasteiger partial charge in [-0.2, -0.15) is 5.10 Å².